The van der Waals surface area contributed by atoms with Gasteiger partial charge in [0.05, 0.1) is 5.75 Å². The highest BCUT2D eigenvalue weighted by molar-refractivity contribution is 7.99. The molecule has 28 heavy (non-hydrogen) atoms. The summed E-state index contributed by atoms with van der Waals surface area (Å²) in [5, 5.41) is 9.19. The van der Waals surface area contributed by atoms with Crippen LogP contribution >= 0.6 is 11.8 Å². The highest BCUT2D eigenvalue weighted by Crippen LogP contribution is 2.27. The van der Waals surface area contributed by atoms with E-state index in [1.807, 2.05) is 65.2 Å². The normalized spacial score (nSPS) is 10.7. The van der Waals surface area contributed by atoms with Crippen molar-refractivity contribution in [1.82, 2.24) is 25.6 Å². The number of hydrazine groups is 1. The molecule has 3 rings (SSSR count). The molecule has 3 aromatic rings. The highest BCUT2D eigenvalue weighted by Gasteiger charge is 2.17. The van der Waals surface area contributed by atoms with Gasteiger partial charge in [0.25, 0.3) is 0 Å². The van der Waals surface area contributed by atoms with Gasteiger partial charge in [-0.2, -0.15) is 0 Å². The van der Waals surface area contributed by atoms with Crippen LogP contribution in [0.2, 0.25) is 0 Å². The van der Waals surface area contributed by atoms with Gasteiger partial charge in [-0.05, 0) is 12.1 Å². The number of nitrogens with zero attached hydrogens (tertiary/aromatic N) is 3. The Hall–Kier alpha value is -3.13. The summed E-state index contributed by atoms with van der Waals surface area (Å²) < 4.78 is 1.92. The first-order valence-electron chi connectivity index (χ1n) is 8.84. The molecule has 144 valence electrons. The minimum atomic E-state index is -0.317. The Morgan fingerprint density at radius 1 is 0.964 bits per heavy atom. The number of aromatic nitrogens is 3. The quantitative estimate of drug-likeness (QED) is 0.495. The smallest absolute Gasteiger partial charge is 0.248 e. The Bertz CT molecular complexity index is 942. The summed E-state index contributed by atoms with van der Waals surface area (Å²) >= 11 is 1.25. The number of para-hydroxylation sites is 1. The third kappa shape index (κ3) is 4.77. The van der Waals surface area contributed by atoms with Gasteiger partial charge in [0, 0.05) is 17.2 Å². The van der Waals surface area contributed by atoms with E-state index in [0.717, 1.165) is 11.3 Å². The first kappa shape index (κ1) is 19.6. The lowest BCUT2D eigenvalue weighted by Gasteiger charge is -2.11. The van der Waals surface area contributed by atoms with E-state index in [0.29, 0.717) is 11.0 Å². The minimum Gasteiger partial charge on any atom is -0.273 e. The number of amides is 2. The van der Waals surface area contributed by atoms with Gasteiger partial charge in [-0.1, -0.05) is 74.1 Å². The molecule has 2 N–H and O–H groups in total. The van der Waals surface area contributed by atoms with E-state index in [-0.39, 0.29) is 23.5 Å². The van der Waals surface area contributed by atoms with Crippen LogP contribution in [-0.2, 0) is 9.59 Å². The zero-order chi connectivity index (χ0) is 19.9. The van der Waals surface area contributed by atoms with Gasteiger partial charge in [-0.3, -0.25) is 25.0 Å². The van der Waals surface area contributed by atoms with Crippen molar-refractivity contribution < 1.29 is 9.59 Å². The summed E-state index contributed by atoms with van der Waals surface area (Å²) in [6.07, 6.45) is 0. The maximum absolute atomic E-state index is 12.1. The number of benzene rings is 2. The molecule has 0 aliphatic rings. The molecular weight excluding hydrogens is 374 g/mol. The van der Waals surface area contributed by atoms with Gasteiger partial charge < -0.3 is 0 Å². The Morgan fingerprint density at radius 2 is 1.61 bits per heavy atom. The van der Waals surface area contributed by atoms with Gasteiger partial charge in [-0.25, -0.2) is 0 Å². The van der Waals surface area contributed by atoms with E-state index in [9.17, 15) is 9.59 Å². The van der Waals surface area contributed by atoms with Crippen molar-refractivity contribution in [3.05, 3.63) is 60.7 Å². The average molecular weight is 395 g/mol. The third-order valence-electron chi connectivity index (χ3n) is 3.86. The predicted octanol–water partition coefficient (Wildman–Crippen LogP) is 2.83. The molecule has 0 saturated carbocycles. The fourth-order valence-electron chi connectivity index (χ4n) is 2.39. The molecule has 2 aromatic carbocycles. The van der Waals surface area contributed by atoms with Gasteiger partial charge in [-0.15, -0.1) is 10.2 Å². The molecule has 0 radical (unpaired) electrons. The summed E-state index contributed by atoms with van der Waals surface area (Å²) in [6.45, 7) is 3.51. The molecule has 0 spiro atoms. The third-order valence-corrected chi connectivity index (χ3v) is 4.79. The maximum Gasteiger partial charge on any atom is 0.248 e. The fourth-order valence-corrected chi connectivity index (χ4v) is 3.14. The summed E-state index contributed by atoms with van der Waals surface area (Å²) in [7, 11) is 0. The van der Waals surface area contributed by atoms with Crippen molar-refractivity contribution in [3.63, 3.8) is 0 Å². The maximum atomic E-state index is 12.1. The molecule has 0 aliphatic heterocycles. The summed E-state index contributed by atoms with van der Waals surface area (Å²) in [4.78, 5) is 23.6. The molecule has 0 saturated heterocycles. The van der Waals surface area contributed by atoms with E-state index in [4.69, 9.17) is 0 Å². The molecule has 1 heterocycles. The Morgan fingerprint density at radius 3 is 2.25 bits per heavy atom. The summed E-state index contributed by atoms with van der Waals surface area (Å²) in [6, 6.07) is 19.5. The van der Waals surface area contributed by atoms with Crippen LogP contribution in [0.5, 0.6) is 0 Å². The van der Waals surface area contributed by atoms with E-state index in [1.54, 1.807) is 13.8 Å². The number of carbonyl (C=O) groups is 2. The number of hydrogen-bond acceptors (Lipinski definition) is 5. The van der Waals surface area contributed by atoms with Crippen molar-refractivity contribution in [3.8, 4) is 17.1 Å². The van der Waals surface area contributed by atoms with Crippen molar-refractivity contribution in [2.24, 2.45) is 5.92 Å². The lowest BCUT2D eigenvalue weighted by Crippen LogP contribution is -2.44. The van der Waals surface area contributed by atoms with Crippen LogP contribution in [0.1, 0.15) is 13.8 Å². The van der Waals surface area contributed by atoms with Crippen LogP contribution in [0.4, 0.5) is 0 Å². The molecule has 2 amide bonds. The molecule has 7 nitrogen and oxygen atoms in total. The standard InChI is InChI=1S/C20H21N5O2S/c1-14(2)19(27)23-21-17(26)13-28-20-24-22-18(15-9-5-3-6-10-15)25(20)16-11-7-4-8-12-16/h3-12,14H,13H2,1-2H3,(H,21,26)(H,23,27). The largest absolute Gasteiger partial charge is 0.273 e. The first-order chi connectivity index (χ1) is 13.6. The van der Waals surface area contributed by atoms with Crippen LogP contribution in [0.25, 0.3) is 17.1 Å². The van der Waals surface area contributed by atoms with E-state index < -0.39 is 0 Å². The summed E-state index contributed by atoms with van der Waals surface area (Å²) in [5.74, 6) is 0.0309. The van der Waals surface area contributed by atoms with Crippen LogP contribution in [0.3, 0.4) is 0 Å². The van der Waals surface area contributed by atoms with Crippen molar-refractivity contribution >= 4 is 23.6 Å². The highest BCUT2D eigenvalue weighted by atomic mass is 32.2. The van der Waals surface area contributed by atoms with Gasteiger partial charge >= 0.3 is 0 Å². The predicted molar refractivity (Wildman–Crippen MR) is 109 cm³/mol. The molecular formula is C20H21N5O2S. The zero-order valence-electron chi connectivity index (χ0n) is 15.6. The van der Waals surface area contributed by atoms with Crippen molar-refractivity contribution in [2.45, 2.75) is 19.0 Å². The van der Waals surface area contributed by atoms with Crippen molar-refractivity contribution in [1.29, 1.82) is 0 Å². The second-order valence-electron chi connectivity index (χ2n) is 6.32. The number of carbonyl (C=O) groups excluding carboxylic acids is 2. The number of rotatable bonds is 6. The zero-order valence-corrected chi connectivity index (χ0v) is 16.4. The Labute approximate surface area is 167 Å². The molecule has 1 aromatic heterocycles. The number of thioether (sulfide) groups is 1. The Balaban J connectivity index is 1.79. The minimum absolute atomic E-state index is 0.0954. The van der Waals surface area contributed by atoms with E-state index in [2.05, 4.69) is 21.0 Å². The molecule has 0 unspecified atom stereocenters. The topological polar surface area (TPSA) is 88.9 Å². The van der Waals surface area contributed by atoms with Crippen LogP contribution < -0.4 is 10.9 Å². The average Bonchev–Trinajstić information content (AvgIpc) is 3.15. The summed E-state index contributed by atoms with van der Waals surface area (Å²) in [5.41, 5.74) is 6.65. The van der Waals surface area contributed by atoms with Crippen molar-refractivity contribution in [2.75, 3.05) is 5.75 Å². The SMILES string of the molecule is CC(C)C(=O)NNC(=O)CSc1nnc(-c2ccccc2)n1-c1ccccc1. The van der Waals surface area contributed by atoms with Crippen LogP contribution in [0.15, 0.2) is 65.8 Å². The lowest BCUT2D eigenvalue weighted by atomic mass is 10.2. The molecule has 0 aliphatic carbocycles. The number of hydrogen-bond donors (Lipinski definition) is 2. The van der Waals surface area contributed by atoms with E-state index >= 15 is 0 Å². The molecule has 0 bridgehead atoms. The van der Waals surface area contributed by atoms with Gasteiger partial charge in [0.1, 0.15) is 0 Å². The van der Waals surface area contributed by atoms with E-state index in [1.165, 1.54) is 11.8 Å². The Kier molecular flexibility index (Phi) is 6.44. The monoisotopic (exact) mass is 395 g/mol. The fraction of sp³-hybridized carbons (Fsp3) is 0.200. The van der Waals surface area contributed by atoms with Crippen LogP contribution in [0, 0.1) is 5.92 Å². The second kappa shape index (κ2) is 9.18. The second-order valence-corrected chi connectivity index (χ2v) is 7.27. The molecule has 0 fully saturated rings. The first-order valence-corrected chi connectivity index (χ1v) is 9.82. The number of nitrogens with one attached hydrogen (secondary N) is 2. The lowest BCUT2D eigenvalue weighted by molar-refractivity contribution is -0.129. The van der Waals surface area contributed by atoms with Crippen LogP contribution in [-0.4, -0.2) is 32.3 Å². The molecule has 8 heteroatoms. The van der Waals surface area contributed by atoms with Gasteiger partial charge in [0.2, 0.25) is 11.8 Å². The molecule has 0 atom stereocenters. The van der Waals surface area contributed by atoms with Gasteiger partial charge in [0.15, 0.2) is 11.0 Å².